The number of rotatable bonds is 11. The summed E-state index contributed by atoms with van der Waals surface area (Å²) in [4.78, 5) is 42.2. The molecule has 0 spiro atoms. The molecule has 0 atom stereocenters. The number of unbranched alkanes of at least 4 members (excludes halogenated alkanes) is 1. The predicted molar refractivity (Wildman–Crippen MR) is 126 cm³/mol. The van der Waals surface area contributed by atoms with Crippen molar-refractivity contribution in [2.45, 2.75) is 59.4 Å². The monoisotopic (exact) mass is 442 g/mol. The van der Waals surface area contributed by atoms with Crippen molar-refractivity contribution in [3.63, 3.8) is 0 Å². The molecule has 174 valence electrons. The Balaban J connectivity index is 1.93. The minimum atomic E-state index is -0.651. The molecule has 0 radical (unpaired) electrons. The number of carbonyl (C=O) groups excluding carboxylic acids is 1. The Labute approximate surface area is 188 Å². The van der Waals surface area contributed by atoms with Gasteiger partial charge in [-0.15, -0.1) is 0 Å². The molecule has 1 heterocycles. The highest BCUT2D eigenvalue weighted by atomic mass is 16.5. The van der Waals surface area contributed by atoms with Crippen molar-refractivity contribution >= 4 is 17.4 Å². The number of aromatic nitrogens is 2. The van der Waals surface area contributed by atoms with Crippen LogP contribution in [-0.2, 0) is 6.54 Å². The smallest absolute Gasteiger partial charge is 0.330 e. The highest BCUT2D eigenvalue weighted by Gasteiger charge is 2.26. The second-order valence-corrected chi connectivity index (χ2v) is 8.92. The molecule has 0 bridgehead atoms. The van der Waals surface area contributed by atoms with Crippen molar-refractivity contribution < 1.29 is 9.53 Å². The average molecular weight is 443 g/mol. The van der Waals surface area contributed by atoms with Crippen LogP contribution in [0.5, 0.6) is 5.75 Å². The largest absolute Gasteiger partial charge is 0.493 e. The molecular weight excluding hydrogens is 408 g/mol. The fourth-order valence-corrected chi connectivity index (χ4v) is 3.43. The van der Waals surface area contributed by atoms with E-state index in [1.165, 1.54) is 22.3 Å². The number of anilines is 2. The summed E-state index contributed by atoms with van der Waals surface area (Å²) in [5, 5.41) is 0. The van der Waals surface area contributed by atoms with Crippen molar-refractivity contribution in [1.82, 2.24) is 9.55 Å². The number of aromatic amines is 1. The van der Waals surface area contributed by atoms with E-state index < -0.39 is 11.2 Å². The zero-order valence-corrected chi connectivity index (χ0v) is 19.2. The van der Waals surface area contributed by atoms with Crippen LogP contribution in [0.25, 0.3) is 0 Å². The van der Waals surface area contributed by atoms with Crippen LogP contribution in [0.4, 0.5) is 11.5 Å². The van der Waals surface area contributed by atoms with E-state index in [4.69, 9.17) is 10.5 Å². The number of amides is 1. The third-order valence-electron chi connectivity index (χ3n) is 5.68. The lowest BCUT2D eigenvalue weighted by atomic mass is 10.1. The number of nitrogens with two attached hydrogens (primary N) is 1. The molecule has 32 heavy (non-hydrogen) atoms. The van der Waals surface area contributed by atoms with Gasteiger partial charge in [0.1, 0.15) is 11.6 Å². The fraction of sp³-hybridized carbons (Fsp3) is 0.542. The Morgan fingerprint density at radius 3 is 2.53 bits per heavy atom. The first-order valence-corrected chi connectivity index (χ1v) is 11.5. The molecule has 3 N–H and O–H groups in total. The third kappa shape index (κ3) is 5.81. The number of hydrogen-bond acceptors (Lipinski definition) is 5. The molecule has 1 aliphatic rings. The first kappa shape index (κ1) is 23.6. The van der Waals surface area contributed by atoms with Gasteiger partial charge >= 0.3 is 5.69 Å². The second-order valence-electron chi connectivity index (χ2n) is 8.92. The summed E-state index contributed by atoms with van der Waals surface area (Å²) in [6.45, 7) is 7.48. The Bertz CT molecular complexity index is 1040. The lowest BCUT2D eigenvalue weighted by molar-refractivity contribution is 0.0985. The zero-order chi connectivity index (χ0) is 23.3. The Kier molecular flexibility index (Phi) is 7.77. The standard InChI is InChI=1S/C24H34N4O4/c1-4-5-13-28-21(25)20(22(29)26-24(28)31)27(14-12-16(2)3)23(30)18-8-10-19(11-9-18)32-15-17-6-7-17/h8-11,16-17H,4-7,12-15,25H2,1-3H3,(H,26,29,31). The predicted octanol–water partition coefficient (Wildman–Crippen LogP) is 3.40. The van der Waals surface area contributed by atoms with Gasteiger partial charge in [0.15, 0.2) is 5.69 Å². The van der Waals surface area contributed by atoms with Crippen LogP contribution in [0.1, 0.15) is 63.2 Å². The molecule has 1 amide bonds. The van der Waals surface area contributed by atoms with Gasteiger partial charge in [-0.25, -0.2) is 4.79 Å². The summed E-state index contributed by atoms with van der Waals surface area (Å²) in [5.74, 6) is 1.36. The summed E-state index contributed by atoms with van der Waals surface area (Å²) < 4.78 is 7.09. The van der Waals surface area contributed by atoms with Crippen LogP contribution in [0.15, 0.2) is 33.9 Å². The molecule has 1 fully saturated rings. The summed E-state index contributed by atoms with van der Waals surface area (Å²) in [7, 11) is 0. The normalized spacial score (nSPS) is 13.4. The van der Waals surface area contributed by atoms with Gasteiger partial charge in [-0.1, -0.05) is 27.2 Å². The number of nitrogens with zero attached hydrogens (tertiary/aromatic N) is 2. The van der Waals surface area contributed by atoms with Crippen molar-refractivity contribution in [1.29, 1.82) is 0 Å². The molecule has 0 aliphatic heterocycles. The van der Waals surface area contributed by atoms with Crippen LogP contribution >= 0.6 is 0 Å². The topological polar surface area (TPSA) is 110 Å². The van der Waals surface area contributed by atoms with Gasteiger partial charge in [0.05, 0.1) is 6.61 Å². The molecule has 0 unspecified atom stereocenters. The number of H-pyrrole nitrogens is 1. The number of nitrogen functional groups attached to an aromatic ring is 1. The molecule has 3 rings (SSSR count). The second kappa shape index (κ2) is 10.5. The molecule has 8 heteroatoms. The molecule has 0 saturated heterocycles. The maximum Gasteiger partial charge on any atom is 0.330 e. The van der Waals surface area contributed by atoms with Gasteiger partial charge < -0.3 is 15.4 Å². The summed E-state index contributed by atoms with van der Waals surface area (Å²) in [5.41, 5.74) is 5.52. The van der Waals surface area contributed by atoms with Gasteiger partial charge in [-0.05, 0) is 61.8 Å². The van der Waals surface area contributed by atoms with E-state index in [0.29, 0.717) is 49.3 Å². The number of hydrogen-bond donors (Lipinski definition) is 2. The molecular formula is C24H34N4O4. The van der Waals surface area contributed by atoms with Crippen LogP contribution < -0.4 is 26.6 Å². The maximum atomic E-state index is 13.4. The van der Waals surface area contributed by atoms with Crippen molar-refractivity contribution in [2.24, 2.45) is 11.8 Å². The quantitative estimate of drug-likeness (QED) is 0.554. The van der Waals surface area contributed by atoms with Gasteiger partial charge in [0.2, 0.25) is 0 Å². The summed E-state index contributed by atoms with van der Waals surface area (Å²) in [6, 6.07) is 6.94. The lowest BCUT2D eigenvalue weighted by Crippen LogP contribution is -2.42. The Morgan fingerprint density at radius 2 is 1.94 bits per heavy atom. The van der Waals surface area contributed by atoms with E-state index >= 15 is 0 Å². The first-order valence-electron chi connectivity index (χ1n) is 11.5. The van der Waals surface area contributed by atoms with E-state index in [1.54, 1.807) is 24.3 Å². The number of carbonyl (C=O) groups is 1. The molecule has 1 aromatic heterocycles. The SMILES string of the molecule is CCCCn1c(N)c(N(CCC(C)C)C(=O)c2ccc(OCC3CC3)cc2)c(=O)[nH]c1=O. The first-order chi connectivity index (χ1) is 15.3. The number of benzene rings is 1. The van der Waals surface area contributed by atoms with Crippen molar-refractivity contribution in [3.8, 4) is 5.75 Å². The highest BCUT2D eigenvalue weighted by Crippen LogP contribution is 2.29. The average Bonchev–Trinajstić information content (AvgIpc) is 3.58. The lowest BCUT2D eigenvalue weighted by Gasteiger charge is -2.25. The fourth-order valence-electron chi connectivity index (χ4n) is 3.43. The molecule has 1 aromatic carbocycles. The summed E-state index contributed by atoms with van der Waals surface area (Å²) in [6.07, 6.45) is 4.69. The van der Waals surface area contributed by atoms with Crippen LogP contribution in [0.2, 0.25) is 0 Å². The molecule has 8 nitrogen and oxygen atoms in total. The van der Waals surface area contributed by atoms with Crippen molar-refractivity contribution in [3.05, 3.63) is 50.7 Å². The molecule has 1 saturated carbocycles. The minimum Gasteiger partial charge on any atom is -0.493 e. The Hall–Kier alpha value is -3.03. The van der Waals surface area contributed by atoms with Gasteiger partial charge in [0.25, 0.3) is 11.5 Å². The van der Waals surface area contributed by atoms with E-state index in [1.807, 2.05) is 20.8 Å². The van der Waals surface area contributed by atoms with Crippen LogP contribution in [0.3, 0.4) is 0 Å². The van der Waals surface area contributed by atoms with Crippen LogP contribution in [-0.4, -0.2) is 28.6 Å². The third-order valence-corrected chi connectivity index (χ3v) is 5.68. The van der Waals surface area contributed by atoms with Crippen molar-refractivity contribution in [2.75, 3.05) is 23.8 Å². The van der Waals surface area contributed by atoms with Gasteiger partial charge in [-0.2, -0.15) is 0 Å². The van der Waals surface area contributed by atoms with Gasteiger partial charge in [-0.3, -0.25) is 19.1 Å². The highest BCUT2D eigenvalue weighted by molar-refractivity contribution is 6.07. The molecule has 1 aliphatic carbocycles. The van der Waals surface area contributed by atoms with E-state index in [2.05, 4.69) is 4.98 Å². The van der Waals surface area contributed by atoms with E-state index in [9.17, 15) is 14.4 Å². The maximum absolute atomic E-state index is 13.4. The zero-order valence-electron chi connectivity index (χ0n) is 19.2. The van der Waals surface area contributed by atoms with E-state index in [-0.39, 0.29) is 17.4 Å². The van der Waals surface area contributed by atoms with E-state index in [0.717, 1.165) is 12.8 Å². The minimum absolute atomic E-state index is 0.0219. The van der Waals surface area contributed by atoms with Gasteiger partial charge in [0, 0.05) is 18.7 Å². The molecule has 2 aromatic rings. The Morgan fingerprint density at radius 1 is 1.25 bits per heavy atom. The van der Waals surface area contributed by atoms with Crippen LogP contribution in [0, 0.1) is 11.8 Å². The number of ether oxygens (including phenoxy) is 1. The summed E-state index contributed by atoms with van der Waals surface area (Å²) >= 11 is 0. The number of nitrogens with one attached hydrogen (secondary N) is 1.